The molecule has 0 aliphatic carbocycles. The quantitative estimate of drug-likeness (QED) is 0.722. The van der Waals surface area contributed by atoms with Gasteiger partial charge in [0, 0.05) is 18.8 Å². The Kier molecular flexibility index (Phi) is 6.47. The number of rotatable bonds is 9. The first kappa shape index (κ1) is 17.3. The average molecular weight is 317 g/mol. The molecule has 0 bridgehead atoms. The van der Waals surface area contributed by atoms with Crippen LogP contribution >= 0.6 is 0 Å². The first-order valence-electron chi connectivity index (χ1n) is 8.13. The Balaban J connectivity index is 1.85. The summed E-state index contributed by atoms with van der Waals surface area (Å²) in [4.78, 5) is 0. The topological polar surface area (TPSA) is 48.3 Å². The van der Waals surface area contributed by atoms with Gasteiger partial charge in [0.1, 0.15) is 0 Å². The lowest BCUT2D eigenvalue weighted by atomic mass is 10.1. The number of nitrogens with zero attached hydrogens (tertiary/aromatic N) is 2. The number of methoxy groups -OCH3 is 2. The lowest BCUT2D eigenvalue weighted by Crippen LogP contribution is -2.20. The van der Waals surface area contributed by atoms with Crippen molar-refractivity contribution in [1.82, 2.24) is 15.1 Å². The van der Waals surface area contributed by atoms with Gasteiger partial charge < -0.3 is 14.8 Å². The van der Waals surface area contributed by atoms with E-state index >= 15 is 0 Å². The summed E-state index contributed by atoms with van der Waals surface area (Å²) < 4.78 is 12.7. The highest BCUT2D eigenvalue weighted by molar-refractivity contribution is 5.42. The van der Waals surface area contributed by atoms with Crippen LogP contribution in [0.2, 0.25) is 0 Å². The summed E-state index contributed by atoms with van der Waals surface area (Å²) in [6, 6.07) is 8.57. The Hall–Kier alpha value is -2.01. The first-order chi connectivity index (χ1) is 11.2. The van der Waals surface area contributed by atoms with Gasteiger partial charge in [-0.1, -0.05) is 13.0 Å². The number of nitrogens with one attached hydrogen (secondary N) is 1. The van der Waals surface area contributed by atoms with Gasteiger partial charge in [-0.25, -0.2) is 0 Å². The Bertz CT molecular complexity index is 610. The van der Waals surface area contributed by atoms with Crippen LogP contribution in [0, 0.1) is 0 Å². The summed E-state index contributed by atoms with van der Waals surface area (Å²) in [6.07, 6.45) is 3.90. The molecule has 0 aliphatic heterocycles. The Morgan fingerprint density at radius 3 is 2.65 bits per heavy atom. The van der Waals surface area contributed by atoms with E-state index in [2.05, 4.69) is 41.1 Å². The fourth-order valence-electron chi connectivity index (χ4n) is 2.54. The first-order valence-corrected chi connectivity index (χ1v) is 8.13. The summed E-state index contributed by atoms with van der Waals surface area (Å²) in [5.41, 5.74) is 2.46. The minimum absolute atomic E-state index is 0.438. The number of aromatic nitrogens is 2. The predicted octanol–water partition coefficient (Wildman–Crippen LogP) is 3.20. The molecule has 1 heterocycles. The smallest absolute Gasteiger partial charge is 0.160 e. The van der Waals surface area contributed by atoms with Crippen LogP contribution in [0.5, 0.6) is 11.5 Å². The molecule has 0 saturated heterocycles. The van der Waals surface area contributed by atoms with Gasteiger partial charge in [-0.3, -0.25) is 4.68 Å². The van der Waals surface area contributed by atoms with E-state index in [1.807, 2.05) is 18.3 Å². The molecule has 1 N–H and O–H groups in total. The van der Waals surface area contributed by atoms with Crippen molar-refractivity contribution in [3.05, 3.63) is 41.7 Å². The molecular weight excluding hydrogens is 290 g/mol. The molecule has 0 radical (unpaired) electrons. The minimum Gasteiger partial charge on any atom is -0.493 e. The summed E-state index contributed by atoms with van der Waals surface area (Å²) >= 11 is 0. The standard InChI is InChI=1S/C18H27N3O2/c1-5-14(2)21-16(9-11-20-21)13-19-10-8-15-6-7-17(22-3)18(12-15)23-4/h6-7,9,11-12,14,19H,5,8,10,13H2,1-4H3. The number of benzene rings is 1. The van der Waals surface area contributed by atoms with Crippen LogP contribution < -0.4 is 14.8 Å². The molecule has 0 amide bonds. The average Bonchev–Trinajstić information content (AvgIpc) is 3.06. The van der Waals surface area contributed by atoms with Crippen LogP contribution in [-0.2, 0) is 13.0 Å². The van der Waals surface area contributed by atoms with Gasteiger partial charge in [0.2, 0.25) is 0 Å². The van der Waals surface area contributed by atoms with E-state index in [9.17, 15) is 0 Å². The molecule has 0 aliphatic rings. The molecule has 126 valence electrons. The van der Waals surface area contributed by atoms with Gasteiger partial charge in [0.15, 0.2) is 11.5 Å². The van der Waals surface area contributed by atoms with Crippen LogP contribution in [-0.4, -0.2) is 30.5 Å². The maximum Gasteiger partial charge on any atom is 0.160 e. The molecule has 1 aromatic carbocycles. The molecule has 23 heavy (non-hydrogen) atoms. The highest BCUT2D eigenvalue weighted by atomic mass is 16.5. The highest BCUT2D eigenvalue weighted by Gasteiger charge is 2.08. The fraction of sp³-hybridized carbons (Fsp3) is 0.500. The van der Waals surface area contributed by atoms with Gasteiger partial charge in [0.25, 0.3) is 0 Å². The molecule has 1 unspecified atom stereocenters. The van der Waals surface area contributed by atoms with Crippen molar-refractivity contribution in [2.45, 2.75) is 39.3 Å². The zero-order valence-corrected chi connectivity index (χ0v) is 14.5. The molecule has 2 rings (SSSR count). The lowest BCUT2D eigenvalue weighted by molar-refractivity contribution is 0.354. The molecule has 1 aromatic heterocycles. The largest absolute Gasteiger partial charge is 0.493 e. The highest BCUT2D eigenvalue weighted by Crippen LogP contribution is 2.27. The second-order valence-corrected chi connectivity index (χ2v) is 5.64. The van der Waals surface area contributed by atoms with Crippen LogP contribution in [0.15, 0.2) is 30.5 Å². The second-order valence-electron chi connectivity index (χ2n) is 5.64. The summed E-state index contributed by atoms with van der Waals surface area (Å²) in [7, 11) is 3.31. The molecule has 2 aromatic rings. The van der Waals surface area contributed by atoms with E-state index < -0.39 is 0 Å². The van der Waals surface area contributed by atoms with Crippen molar-refractivity contribution in [2.75, 3.05) is 20.8 Å². The monoisotopic (exact) mass is 317 g/mol. The van der Waals surface area contributed by atoms with Crippen molar-refractivity contribution >= 4 is 0 Å². The van der Waals surface area contributed by atoms with Crippen molar-refractivity contribution in [2.24, 2.45) is 0 Å². The molecule has 0 spiro atoms. The fourth-order valence-corrected chi connectivity index (χ4v) is 2.54. The van der Waals surface area contributed by atoms with Crippen molar-refractivity contribution in [3.63, 3.8) is 0 Å². The van der Waals surface area contributed by atoms with Gasteiger partial charge in [-0.15, -0.1) is 0 Å². The Morgan fingerprint density at radius 1 is 1.17 bits per heavy atom. The van der Waals surface area contributed by atoms with E-state index in [1.54, 1.807) is 14.2 Å². The van der Waals surface area contributed by atoms with E-state index in [0.717, 1.165) is 37.4 Å². The summed E-state index contributed by atoms with van der Waals surface area (Å²) in [6.45, 7) is 6.11. The van der Waals surface area contributed by atoms with Gasteiger partial charge in [-0.05, 0) is 50.1 Å². The molecule has 5 heteroatoms. The van der Waals surface area contributed by atoms with Crippen LogP contribution in [0.3, 0.4) is 0 Å². The minimum atomic E-state index is 0.438. The summed E-state index contributed by atoms with van der Waals surface area (Å²) in [5, 5.41) is 7.90. The van der Waals surface area contributed by atoms with Gasteiger partial charge in [0.05, 0.1) is 19.9 Å². The molecule has 1 atom stereocenters. The van der Waals surface area contributed by atoms with Crippen LogP contribution in [0.1, 0.15) is 37.6 Å². The van der Waals surface area contributed by atoms with E-state index in [1.165, 1.54) is 11.3 Å². The van der Waals surface area contributed by atoms with E-state index in [-0.39, 0.29) is 0 Å². The third-order valence-corrected chi connectivity index (χ3v) is 4.11. The Morgan fingerprint density at radius 2 is 1.96 bits per heavy atom. The van der Waals surface area contributed by atoms with Crippen molar-refractivity contribution < 1.29 is 9.47 Å². The second kappa shape index (κ2) is 8.58. The third-order valence-electron chi connectivity index (χ3n) is 4.11. The maximum absolute atomic E-state index is 5.34. The lowest BCUT2D eigenvalue weighted by Gasteiger charge is -2.14. The number of ether oxygens (including phenoxy) is 2. The Labute approximate surface area is 138 Å². The molecule has 0 fully saturated rings. The number of hydrogen-bond donors (Lipinski definition) is 1. The SMILES string of the molecule is CCC(C)n1nccc1CNCCc1ccc(OC)c(OC)c1. The van der Waals surface area contributed by atoms with Gasteiger partial charge >= 0.3 is 0 Å². The van der Waals surface area contributed by atoms with Crippen LogP contribution in [0.4, 0.5) is 0 Å². The van der Waals surface area contributed by atoms with E-state index in [4.69, 9.17) is 9.47 Å². The van der Waals surface area contributed by atoms with Crippen LogP contribution in [0.25, 0.3) is 0 Å². The number of hydrogen-bond acceptors (Lipinski definition) is 4. The molecule has 0 saturated carbocycles. The maximum atomic E-state index is 5.34. The van der Waals surface area contributed by atoms with Gasteiger partial charge in [-0.2, -0.15) is 5.10 Å². The van der Waals surface area contributed by atoms with Crippen molar-refractivity contribution in [3.8, 4) is 11.5 Å². The summed E-state index contributed by atoms with van der Waals surface area (Å²) in [5.74, 6) is 1.54. The van der Waals surface area contributed by atoms with E-state index in [0.29, 0.717) is 6.04 Å². The van der Waals surface area contributed by atoms with Crippen molar-refractivity contribution in [1.29, 1.82) is 0 Å². The molecule has 5 nitrogen and oxygen atoms in total. The zero-order chi connectivity index (χ0) is 16.7. The third kappa shape index (κ3) is 4.48. The predicted molar refractivity (Wildman–Crippen MR) is 92.2 cm³/mol. The normalized spacial score (nSPS) is 12.2. The zero-order valence-electron chi connectivity index (χ0n) is 14.5. The molecular formula is C18H27N3O2.